The number of carbonyl (C=O) groups is 1. The fourth-order valence-electron chi connectivity index (χ4n) is 2.22. The molecular formula is C18H24N4O. The number of rotatable bonds is 6. The molecule has 122 valence electrons. The fourth-order valence-corrected chi connectivity index (χ4v) is 2.22. The number of anilines is 2. The number of carbonyl (C=O) groups excluding carboxylic acids is 1. The highest BCUT2D eigenvalue weighted by molar-refractivity contribution is 5.92. The monoisotopic (exact) mass is 312 g/mol. The van der Waals surface area contributed by atoms with Crippen LogP contribution in [-0.2, 0) is 0 Å². The molecule has 0 aliphatic rings. The smallest absolute Gasteiger partial charge is 0.271 e. The van der Waals surface area contributed by atoms with Gasteiger partial charge >= 0.3 is 0 Å². The predicted octanol–water partition coefficient (Wildman–Crippen LogP) is 3.61. The Morgan fingerprint density at radius 3 is 2.35 bits per heavy atom. The SMILES string of the molecule is Cc1cccc(C)c1Nc1ccc(C(=O)NCCC(C)C)nn1. The van der Waals surface area contributed by atoms with Crippen LogP contribution >= 0.6 is 0 Å². The number of amides is 1. The lowest BCUT2D eigenvalue weighted by molar-refractivity contribution is 0.0946. The number of hydrogen-bond acceptors (Lipinski definition) is 4. The van der Waals surface area contributed by atoms with Gasteiger partial charge in [-0.1, -0.05) is 32.0 Å². The van der Waals surface area contributed by atoms with Gasteiger partial charge in [-0.3, -0.25) is 4.79 Å². The summed E-state index contributed by atoms with van der Waals surface area (Å²) in [4.78, 5) is 12.0. The van der Waals surface area contributed by atoms with Gasteiger partial charge < -0.3 is 10.6 Å². The van der Waals surface area contributed by atoms with Crippen LogP contribution in [0.15, 0.2) is 30.3 Å². The number of para-hydroxylation sites is 1. The number of benzene rings is 1. The first kappa shape index (κ1) is 16.9. The van der Waals surface area contributed by atoms with Crippen LogP contribution in [0.25, 0.3) is 0 Å². The molecule has 0 unspecified atom stereocenters. The van der Waals surface area contributed by atoms with Crippen molar-refractivity contribution >= 4 is 17.4 Å². The molecule has 2 aromatic rings. The van der Waals surface area contributed by atoms with Crippen molar-refractivity contribution in [3.05, 3.63) is 47.2 Å². The molecule has 5 nitrogen and oxygen atoms in total. The Labute approximate surface area is 137 Å². The number of aryl methyl sites for hydroxylation is 2. The lowest BCUT2D eigenvalue weighted by atomic mass is 10.1. The van der Waals surface area contributed by atoms with Crippen molar-refractivity contribution in [3.8, 4) is 0 Å². The highest BCUT2D eigenvalue weighted by atomic mass is 16.1. The normalized spacial score (nSPS) is 10.7. The van der Waals surface area contributed by atoms with Gasteiger partial charge in [0.25, 0.3) is 5.91 Å². The third kappa shape index (κ3) is 4.77. The van der Waals surface area contributed by atoms with E-state index in [1.54, 1.807) is 12.1 Å². The van der Waals surface area contributed by atoms with Crippen molar-refractivity contribution in [1.82, 2.24) is 15.5 Å². The maximum atomic E-state index is 12.0. The zero-order valence-corrected chi connectivity index (χ0v) is 14.2. The summed E-state index contributed by atoms with van der Waals surface area (Å²) in [5.41, 5.74) is 3.64. The zero-order valence-electron chi connectivity index (χ0n) is 14.2. The maximum absolute atomic E-state index is 12.0. The van der Waals surface area contributed by atoms with Crippen LogP contribution in [0.2, 0.25) is 0 Å². The molecule has 0 atom stereocenters. The second-order valence-corrected chi connectivity index (χ2v) is 6.13. The number of nitrogens with one attached hydrogen (secondary N) is 2. The minimum atomic E-state index is -0.184. The highest BCUT2D eigenvalue weighted by Gasteiger charge is 2.09. The van der Waals surface area contributed by atoms with E-state index in [2.05, 4.69) is 34.7 Å². The quantitative estimate of drug-likeness (QED) is 0.855. The van der Waals surface area contributed by atoms with E-state index in [1.807, 2.05) is 32.0 Å². The van der Waals surface area contributed by atoms with Gasteiger partial charge in [-0.05, 0) is 49.4 Å². The van der Waals surface area contributed by atoms with Gasteiger partial charge in [0, 0.05) is 12.2 Å². The van der Waals surface area contributed by atoms with Crippen LogP contribution in [-0.4, -0.2) is 22.6 Å². The van der Waals surface area contributed by atoms with Gasteiger partial charge in [-0.25, -0.2) is 0 Å². The van der Waals surface area contributed by atoms with Crippen molar-refractivity contribution < 1.29 is 4.79 Å². The Bertz CT molecular complexity index is 645. The molecule has 1 amide bonds. The standard InChI is InChI=1S/C18H24N4O/c1-12(2)10-11-19-18(23)15-8-9-16(22-21-15)20-17-13(3)6-5-7-14(17)4/h5-9,12H,10-11H2,1-4H3,(H,19,23)(H,20,22). The third-order valence-corrected chi connectivity index (χ3v) is 3.64. The molecule has 0 saturated heterocycles. The number of nitrogens with zero attached hydrogens (tertiary/aromatic N) is 2. The molecule has 2 rings (SSSR count). The maximum Gasteiger partial charge on any atom is 0.271 e. The third-order valence-electron chi connectivity index (χ3n) is 3.64. The van der Waals surface area contributed by atoms with Gasteiger partial charge in [0.05, 0.1) is 0 Å². The molecule has 0 bridgehead atoms. The lowest BCUT2D eigenvalue weighted by Crippen LogP contribution is -2.26. The van der Waals surface area contributed by atoms with Gasteiger partial charge in [-0.2, -0.15) is 0 Å². The van der Waals surface area contributed by atoms with Crippen LogP contribution in [0.4, 0.5) is 11.5 Å². The molecule has 0 saturated carbocycles. The Morgan fingerprint density at radius 1 is 1.09 bits per heavy atom. The summed E-state index contributed by atoms with van der Waals surface area (Å²) in [6, 6.07) is 9.56. The Morgan fingerprint density at radius 2 is 1.78 bits per heavy atom. The van der Waals surface area contributed by atoms with Crippen molar-refractivity contribution in [2.75, 3.05) is 11.9 Å². The van der Waals surface area contributed by atoms with E-state index in [-0.39, 0.29) is 5.91 Å². The summed E-state index contributed by atoms with van der Waals surface area (Å²) in [5.74, 6) is 1.00. The molecular weight excluding hydrogens is 288 g/mol. The van der Waals surface area contributed by atoms with Gasteiger partial charge in [-0.15, -0.1) is 10.2 Å². The minimum Gasteiger partial charge on any atom is -0.351 e. The topological polar surface area (TPSA) is 66.9 Å². The zero-order chi connectivity index (χ0) is 16.8. The molecule has 0 fully saturated rings. The first-order valence-electron chi connectivity index (χ1n) is 7.92. The van der Waals surface area contributed by atoms with Crippen LogP contribution in [0.5, 0.6) is 0 Å². The van der Waals surface area contributed by atoms with Crippen LogP contribution in [0, 0.1) is 19.8 Å². The summed E-state index contributed by atoms with van der Waals surface area (Å²) in [5, 5.41) is 14.2. The lowest BCUT2D eigenvalue weighted by Gasteiger charge is -2.11. The summed E-state index contributed by atoms with van der Waals surface area (Å²) in [7, 11) is 0. The largest absolute Gasteiger partial charge is 0.351 e. The molecule has 0 spiro atoms. The summed E-state index contributed by atoms with van der Waals surface area (Å²) in [6.07, 6.45) is 0.950. The minimum absolute atomic E-state index is 0.184. The van der Waals surface area contributed by atoms with E-state index in [9.17, 15) is 4.79 Å². The predicted molar refractivity (Wildman–Crippen MR) is 93.0 cm³/mol. The molecule has 2 N–H and O–H groups in total. The highest BCUT2D eigenvalue weighted by Crippen LogP contribution is 2.22. The summed E-state index contributed by atoms with van der Waals surface area (Å²) >= 11 is 0. The van der Waals surface area contributed by atoms with Crippen LogP contribution in [0.1, 0.15) is 41.9 Å². The molecule has 1 aromatic carbocycles. The van der Waals surface area contributed by atoms with E-state index >= 15 is 0 Å². The van der Waals surface area contributed by atoms with Crippen molar-refractivity contribution in [3.63, 3.8) is 0 Å². The Hall–Kier alpha value is -2.43. The molecule has 1 aromatic heterocycles. The van der Waals surface area contributed by atoms with Crippen LogP contribution in [0.3, 0.4) is 0 Å². The molecule has 0 radical (unpaired) electrons. The fraction of sp³-hybridized carbons (Fsp3) is 0.389. The van der Waals surface area contributed by atoms with Crippen molar-refractivity contribution in [2.45, 2.75) is 34.1 Å². The molecule has 0 aliphatic heterocycles. The summed E-state index contributed by atoms with van der Waals surface area (Å²) in [6.45, 7) is 8.99. The van der Waals surface area contributed by atoms with Crippen LogP contribution < -0.4 is 10.6 Å². The average molecular weight is 312 g/mol. The van der Waals surface area contributed by atoms with Gasteiger partial charge in [0.2, 0.25) is 0 Å². The first-order chi connectivity index (χ1) is 11.0. The first-order valence-corrected chi connectivity index (χ1v) is 7.92. The number of hydrogen-bond donors (Lipinski definition) is 2. The second kappa shape index (κ2) is 7.72. The van der Waals surface area contributed by atoms with E-state index in [4.69, 9.17) is 0 Å². The van der Waals surface area contributed by atoms with E-state index in [1.165, 1.54) is 0 Å². The molecule has 0 aliphatic carbocycles. The van der Waals surface area contributed by atoms with E-state index in [0.717, 1.165) is 23.2 Å². The van der Waals surface area contributed by atoms with Crippen molar-refractivity contribution in [1.29, 1.82) is 0 Å². The summed E-state index contributed by atoms with van der Waals surface area (Å²) < 4.78 is 0. The van der Waals surface area contributed by atoms with Crippen molar-refractivity contribution in [2.24, 2.45) is 5.92 Å². The van der Waals surface area contributed by atoms with Gasteiger partial charge in [0.1, 0.15) is 0 Å². The molecule has 5 heteroatoms. The number of aromatic nitrogens is 2. The Balaban J connectivity index is 2.01. The molecule has 1 heterocycles. The van der Waals surface area contributed by atoms with E-state index < -0.39 is 0 Å². The van der Waals surface area contributed by atoms with E-state index in [0.29, 0.717) is 24.0 Å². The average Bonchev–Trinajstić information content (AvgIpc) is 2.51. The second-order valence-electron chi connectivity index (χ2n) is 6.13. The molecule has 23 heavy (non-hydrogen) atoms. The van der Waals surface area contributed by atoms with Gasteiger partial charge in [0.15, 0.2) is 11.5 Å². The Kier molecular flexibility index (Phi) is 5.68.